The number of furan rings is 1. The number of aromatic hydroxyl groups is 1. The van der Waals surface area contributed by atoms with E-state index in [9.17, 15) is 15.3 Å². The number of rotatable bonds is 17. The molecule has 5 unspecified atom stereocenters. The molecule has 0 saturated heterocycles. The minimum atomic E-state index is -0.353. The van der Waals surface area contributed by atoms with E-state index in [-0.39, 0.29) is 24.5 Å². The molecule has 2 heterocycles. The van der Waals surface area contributed by atoms with Crippen molar-refractivity contribution in [1.29, 1.82) is 0 Å². The Morgan fingerprint density at radius 1 is 1.09 bits per heavy atom. The van der Waals surface area contributed by atoms with Crippen LogP contribution in [0.2, 0.25) is 0 Å². The second-order valence-electron chi connectivity index (χ2n) is 13.3. The van der Waals surface area contributed by atoms with Crippen molar-refractivity contribution in [2.75, 3.05) is 26.2 Å². The van der Waals surface area contributed by atoms with Crippen LogP contribution in [0.15, 0.2) is 34.7 Å². The number of hydrogen-bond acceptors (Lipinski definition) is 7. The number of hydrogen-bond donors (Lipinski definition) is 6. The lowest BCUT2D eigenvalue weighted by molar-refractivity contribution is 0.188. The maximum absolute atomic E-state index is 10.7. The highest BCUT2D eigenvalue weighted by atomic mass is 16.5. The molecule has 248 valence electrons. The van der Waals surface area contributed by atoms with Crippen LogP contribution in [0, 0.1) is 11.8 Å². The van der Waals surface area contributed by atoms with Gasteiger partial charge in [0.2, 0.25) is 0 Å². The van der Waals surface area contributed by atoms with E-state index in [2.05, 4.69) is 35.5 Å². The van der Waals surface area contributed by atoms with Crippen molar-refractivity contribution in [3.63, 3.8) is 0 Å². The van der Waals surface area contributed by atoms with E-state index in [1.54, 1.807) is 6.07 Å². The van der Waals surface area contributed by atoms with Gasteiger partial charge in [-0.15, -0.1) is 0 Å². The van der Waals surface area contributed by atoms with Gasteiger partial charge < -0.3 is 40.1 Å². The minimum absolute atomic E-state index is 0.00184. The van der Waals surface area contributed by atoms with Crippen molar-refractivity contribution in [2.45, 2.75) is 110 Å². The monoisotopic (exact) mass is 621 g/mol. The zero-order chi connectivity index (χ0) is 31.8. The molecule has 0 aliphatic heterocycles. The third-order valence-corrected chi connectivity index (χ3v) is 9.95. The number of ether oxygens (including phenoxy) is 1. The fourth-order valence-corrected chi connectivity index (χ4v) is 7.59. The van der Waals surface area contributed by atoms with Gasteiger partial charge in [-0.05, 0) is 92.8 Å². The van der Waals surface area contributed by atoms with Crippen LogP contribution in [0.25, 0.3) is 0 Å². The highest BCUT2D eigenvalue weighted by Gasteiger charge is 2.38. The molecule has 2 aliphatic carbocycles. The van der Waals surface area contributed by atoms with Gasteiger partial charge in [-0.1, -0.05) is 39.2 Å². The Labute approximate surface area is 269 Å². The van der Waals surface area contributed by atoms with E-state index in [4.69, 9.17) is 9.15 Å². The molecule has 2 aliphatic rings. The zero-order valence-corrected chi connectivity index (χ0v) is 27.5. The third kappa shape index (κ3) is 8.53. The molecule has 5 rings (SSSR count). The average molecular weight is 622 g/mol. The maximum atomic E-state index is 10.7. The number of unbranched alkanes of at least 4 members (excludes halogenated alkanes) is 1. The van der Waals surface area contributed by atoms with Gasteiger partial charge in [-0.25, -0.2) is 0 Å². The molecule has 8 heteroatoms. The summed E-state index contributed by atoms with van der Waals surface area (Å²) in [6, 6.07) is 9.86. The molecule has 0 bridgehead atoms. The molecule has 0 amide bonds. The highest BCUT2D eigenvalue weighted by Crippen LogP contribution is 2.47. The Balaban J connectivity index is 1.26. The molecular weight excluding hydrogens is 566 g/mol. The molecule has 6 N–H and O–H groups in total. The van der Waals surface area contributed by atoms with Gasteiger partial charge in [0.05, 0.1) is 18.8 Å². The van der Waals surface area contributed by atoms with E-state index in [0.717, 1.165) is 79.5 Å². The van der Waals surface area contributed by atoms with Crippen LogP contribution >= 0.6 is 0 Å². The molecule has 0 radical (unpaired) electrons. The fraction of sp³-hybridized carbons (Fsp3) is 0.622. The van der Waals surface area contributed by atoms with Crippen molar-refractivity contribution < 1.29 is 24.5 Å². The molecule has 5 atom stereocenters. The largest absolute Gasteiger partial charge is 0.504 e. The molecule has 0 spiro atoms. The number of aliphatic hydroxyl groups is 2. The van der Waals surface area contributed by atoms with Crippen LogP contribution in [0.5, 0.6) is 11.5 Å². The third-order valence-electron chi connectivity index (χ3n) is 9.95. The lowest BCUT2D eigenvalue weighted by Gasteiger charge is -2.27. The Bertz CT molecular complexity index is 1350. The number of phenols is 1. The van der Waals surface area contributed by atoms with E-state index >= 15 is 0 Å². The predicted molar refractivity (Wildman–Crippen MR) is 178 cm³/mol. The van der Waals surface area contributed by atoms with Crippen LogP contribution in [0.3, 0.4) is 0 Å². The number of fused-ring (bicyclic) bond motifs is 2. The molecule has 2 aromatic heterocycles. The number of nitrogens with one attached hydrogen (secondary N) is 3. The number of aryl methyl sites for hydroxylation is 4. The maximum Gasteiger partial charge on any atom is 0.161 e. The lowest BCUT2D eigenvalue weighted by atomic mass is 9.80. The van der Waals surface area contributed by atoms with Gasteiger partial charge in [-0.2, -0.15) is 0 Å². The van der Waals surface area contributed by atoms with Gasteiger partial charge in [0.15, 0.2) is 11.5 Å². The van der Waals surface area contributed by atoms with Crippen molar-refractivity contribution in [2.24, 2.45) is 11.8 Å². The van der Waals surface area contributed by atoms with Gasteiger partial charge in [0, 0.05) is 48.8 Å². The topological polar surface area (TPSA) is 123 Å². The summed E-state index contributed by atoms with van der Waals surface area (Å²) in [5.41, 5.74) is 5.84. The minimum Gasteiger partial charge on any atom is -0.504 e. The molecule has 8 nitrogen and oxygen atoms in total. The normalized spacial score (nSPS) is 20.9. The summed E-state index contributed by atoms with van der Waals surface area (Å²) in [7, 11) is 0. The summed E-state index contributed by atoms with van der Waals surface area (Å²) < 4.78 is 12.4. The lowest BCUT2D eigenvalue weighted by Crippen LogP contribution is -2.32. The molecular formula is C37H55N3O5. The van der Waals surface area contributed by atoms with Gasteiger partial charge >= 0.3 is 0 Å². The SMILES string of the molecule is CCCCc1oc(CCc2ccc(O)c(OCC(NCC)c3cc4c([nH]3)CCC3CCCC3C4CNCC(C)O)c2)cc1CO. The smallest absolute Gasteiger partial charge is 0.161 e. The quantitative estimate of drug-likeness (QED) is 0.108. The number of aromatic amines is 1. The number of aromatic nitrogens is 1. The molecule has 3 aromatic rings. The van der Waals surface area contributed by atoms with Crippen LogP contribution < -0.4 is 15.4 Å². The number of likely N-dealkylation sites (N-methyl/N-ethyl adjacent to an activating group) is 1. The van der Waals surface area contributed by atoms with E-state index < -0.39 is 0 Å². The van der Waals surface area contributed by atoms with E-state index in [1.807, 2.05) is 25.1 Å². The Hall–Kier alpha value is -2.78. The van der Waals surface area contributed by atoms with Gasteiger partial charge in [-0.3, -0.25) is 0 Å². The van der Waals surface area contributed by atoms with E-state index in [1.165, 1.54) is 36.9 Å². The Morgan fingerprint density at radius 2 is 1.96 bits per heavy atom. The molecule has 1 fully saturated rings. The van der Waals surface area contributed by atoms with Crippen molar-refractivity contribution in [3.05, 3.63) is 69.9 Å². The zero-order valence-electron chi connectivity index (χ0n) is 27.5. The van der Waals surface area contributed by atoms with Crippen LogP contribution in [-0.2, 0) is 32.3 Å². The van der Waals surface area contributed by atoms with Gasteiger partial charge in [0.25, 0.3) is 0 Å². The van der Waals surface area contributed by atoms with E-state index in [0.29, 0.717) is 37.2 Å². The van der Waals surface area contributed by atoms with Crippen LogP contribution in [0.1, 0.15) is 111 Å². The van der Waals surface area contributed by atoms with Crippen molar-refractivity contribution in [3.8, 4) is 11.5 Å². The summed E-state index contributed by atoms with van der Waals surface area (Å²) >= 11 is 0. The summed E-state index contributed by atoms with van der Waals surface area (Å²) in [5.74, 6) is 4.29. The first-order valence-electron chi connectivity index (χ1n) is 17.4. The molecule has 1 saturated carbocycles. The summed E-state index contributed by atoms with van der Waals surface area (Å²) in [6.07, 6.45) is 10.3. The summed E-state index contributed by atoms with van der Waals surface area (Å²) in [4.78, 5) is 3.79. The standard InChI is InChI=1S/C37H55N3O5/c1-4-6-10-36-27(22-41)18-28(45-36)14-11-25-12-16-35(43)37(17-25)44-23-34(39-5-2)33-19-30-31(21-38-20-24(3)42)29-9-7-8-26(29)13-15-32(30)40-33/h12,16-19,24,26,29,31,34,38-43H,4-11,13-15,20-23H2,1-3H3. The summed E-state index contributed by atoms with van der Waals surface area (Å²) in [6.45, 7) is 8.78. The fourth-order valence-electron chi connectivity index (χ4n) is 7.59. The number of aliphatic hydroxyl groups excluding tert-OH is 2. The van der Waals surface area contributed by atoms with Gasteiger partial charge in [0.1, 0.15) is 18.1 Å². The number of phenolic OH excluding ortho intramolecular Hbond substituents is 1. The van der Waals surface area contributed by atoms with Crippen LogP contribution in [0.4, 0.5) is 0 Å². The second kappa shape index (κ2) is 16.2. The van der Waals surface area contributed by atoms with Crippen molar-refractivity contribution in [1.82, 2.24) is 15.6 Å². The number of H-pyrrole nitrogens is 1. The number of benzene rings is 1. The first-order valence-corrected chi connectivity index (χ1v) is 17.4. The molecule has 1 aromatic carbocycles. The summed E-state index contributed by atoms with van der Waals surface area (Å²) in [5, 5.41) is 37.4. The highest BCUT2D eigenvalue weighted by molar-refractivity contribution is 5.42. The predicted octanol–water partition coefficient (Wildman–Crippen LogP) is 6.08. The first-order chi connectivity index (χ1) is 21.9. The first kappa shape index (κ1) is 33.6. The molecule has 45 heavy (non-hydrogen) atoms. The average Bonchev–Trinajstić information content (AvgIpc) is 3.76. The second-order valence-corrected chi connectivity index (χ2v) is 13.3. The Kier molecular flexibility index (Phi) is 12.1. The Morgan fingerprint density at radius 3 is 2.73 bits per heavy atom. The van der Waals surface area contributed by atoms with Crippen molar-refractivity contribution >= 4 is 0 Å². The van der Waals surface area contributed by atoms with Crippen LogP contribution in [-0.4, -0.2) is 52.6 Å².